The third kappa shape index (κ3) is 2.33. The molecule has 1 aliphatic rings. The minimum atomic E-state index is -0.276. The highest BCUT2D eigenvalue weighted by Crippen LogP contribution is 2.47. The lowest BCUT2D eigenvalue weighted by Gasteiger charge is -2.33. The Morgan fingerprint density at radius 2 is 1.91 bits per heavy atom. The zero-order valence-corrected chi connectivity index (χ0v) is 12.4. The van der Waals surface area contributed by atoms with Crippen LogP contribution in [-0.2, 0) is 4.74 Å². The summed E-state index contributed by atoms with van der Waals surface area (Å²) in [4.78, 5) is 0. The molecule has 2 N–H and O–H groups in total. The van der Waals surface area contributed by atoms with E-state index in [-0.39, 0.29) is 23.5 Å². The molecule has 1 heterocycles. The fourth-order valence-corrected chi connectivity index (χ4v) is 2.91. The maximum absolute atomic E-state index is 10.4. The first-order valence-electron chi connectivity index (χ1n) is 7.00. The quantitative estimate of drug-likeness (QED) is 0.912. The van der Waals surface area contributed by atoms with Crippen molar-refractivity contribution in [3.8, 4) is 23.0 Å². The second-order valence-electron chi connectivity index (χ2n) is 5.19. The topological polar surface area (TPSA) is 68.2 Å². The van der Waals surface area contributed by atoms with Gasteiger partial charge in [-0.3, -0.25) is 0 Å². The third-order valence-electron chi connectivity index (χ3n) is 3.99. The van der Waals surface area contributed by atoms with Gasteiger partial charge in [-0.15, -0.1) is 0 Å². The van der Waals surface area contributed by atoms with E-state index in [1.165, 1.54) is 7.11 Å². The van der Waals surface area contributed by atoms with Crippen molar-refractivity contribution < 1.29 is 24.4 Å². The molecule has 5 nitrogen and oxygen atoms in total. The normalized spacial score (nSPS) is 20.1. The van der Waals surface area contributed by atoms with E-state index in [2.05, 4.69) is 0 Å². The average Bonchev–Trinajstić information content (AvgIpc) is 2.54. The van der Waals surface area contributed by atoms with E-state index in [4.69, 9.17) is 14.2 Å². The molecule has 0 saturated heterocycles. The van der Waals surface area contributed by atoms with Crippen molar-refractivity contribution in [1.29, 1.82) is 0 Å². The maximum Gasteiger partial charge on any atom is 0.161 e. The van der Waals surface area contributed by atoms with Gasteiger partial charge in [0.15, 0.2) is 11.5 Å². The van der Waals surface area contributed by atoms with E-state index in [9.17, 15) is 10.2 Å². The molecule has 0 aliphatic carbocycles. The van der Waals surface area contributed by atoms with Crippen molar-refractivity contribution >= 4 is 0 Å². The second-order valence-corrected chi connectivity index (χ2v) is 5.19. The van der Waals surface area contributed by atoms with E-state index in [0.717, 1.165) is 5.56 Å². The van der Waals surface area contributed by atoms with Crippen LogP contribution in [0.1, 0.15) is 23.1 Å². The lowest BCUT2D eigenvalue weighted by atomic mass is 9.86. The summed E-state index contributed by atoms with van der Waals surface area (Å²) < 4.78 is 16.5. The summed E-state index contributed by atoms with van der Waals surface area (Å²) >= 11 is 0. The average molecular weight is 302 g/mol. The first-order valence-corrected chi connectivity index (χ1v) is 7.00. The Labute approximate surface area is 128 Å². The maximum atomic E-state index is 10.4. The molecule has 0 bridgehead atoms. The van der Waals surface area contributed by atoms with E-state index < -0.39 is 0 Å². The van der Waals surface area contributed by atoms with Gasteiger partial charge in [-0.2, -0.15) is 0 Å². The molecule has 2 aromatic carbocycles. The zero-order valence-electron chi connectivity index (χ0n) is 12.4. The summed E-state index contributed by atoms with van der Waals surface area (Å²) in [5, 5.41) is 19.9. The number of para-hydroxylation sites is 1. The van der Waals surface area contributed by atoms with E-state index in [1.807, 2.05) is 12.1 Å². The van der Waals surface area contributed by atoms with E-state index >= 15 is 0 Å². The first kappa shape index (κ1) is 14.5. The molecule has 0 saturated carbocycles. The van der Waals surface area contributed by atoms with Crippen LogP contribution in [0.5, 0.6) is 23.0 Å². The van der Waals surface area contributed by atoms with Gasteiger partial charge in [0, 0.05) is 24.3 Å². The lowest BCUT2D eigenvalue weighted by Crippen LogP contribution is -2.25. The van der Waals surface area contributed by atoms with Gasteiger partial charge in [-0.1, -0.05) is 12.1 Å². The van der Waals surface area contributed by atoms with Gasteiger partial charge in [-0.25, -0.2) is 0 Å². The smallest absolute Gasteiger partial charge is 0.161 e. The largest absolute Gasteiger partial charge is 0.508 e. The summed E-state index contributed by atoms with van der Waals surface area (Å²) in [6.07, 6.45) is -0.276. The van der Waals surface area contributed by atoms with Crippen molar-refractivity contribution in [2.24, 2.45) is 0 Å². The fraction of sp³-hybridized carbons (Fsp3) is 0.294. The standard InChI is InChI=1S/C17H18O5/c1-20-14-5-3-4-11(16(14)19)13-9-22-15-8-10(18)6-7-12(15)17(13)21-2/h3-8,13,17-19H,9H2,1-2H3. The lowest BCUT2D eigenvalue weighted by molar-refractivity contribution is 0.0418. The number of hydrogen-bond acceptors (Lipinski definition) is 5. The van der Waals surface area contributed by atoms with E-state index in [1.54, 1.807) is 31.4 Å². The predicted octanol–water partition coefficient (Wildman–Crippen LogP) is 2.97. The Morgan fingerprint density at radius 3 is 2.64 bits per heavy atom. The summed E-state index contributed by atoms with van der Waals surface area (Å²) in [6, 6.07) is 10.3. The minimum absolute atomic E-state index is 0.0999. The van der Waals surface area contributed by atoms with Crippen molar-refractivity contribution in [3.05, 3.63) is 47.5 Å². The predicted molar refractivity (Wildman–Crippen MR) is 80.8 cm³/mol. The van der Waals surface area contributed by atoms with Gasteiger partial charge in [0.2, 0.25) is 0 Å². The van der Waals surface area contributed by atoms with Gasteiger partial charge in [0.25, 0.3) is 0 Å². The number of rotatable bonds is 3. The molecule has 5 heteroatoms. The van der Waals surface area contributed by atoms with Crippen LogP contribution in [0.25, 0.3) is 0 Å². The number of benzene rings is 2. The molecule has 2 unspecified atom stereocenters. The molecule has 2 atom stereocenters. The number of ether oxygens (including phenoxy) is 3. The van der Waals surface area contributed by atoms with Gasteiger partial charge >= 0.3 is 0 Å². The zero-order chi connectivity index (χ0) is 15.7. The number of phenols is 2. The summed E-state index contributed by atoms with van der Waals surface area (Å²) in [5.74, 6) is 1.10. The molecular formula is C17H18O5. The van der Waals surface area contributed by atoms with Crippen LogP contribution < -0.4 is 9.47 Å². The number of aromatic hydroxyl groups is 2. The Balaban J connectivity index is 2.04. The van der Waals surface area contributed by atoms with Crippen LogP contribution in [0.3, 0.4) is 0 Å². The van der Waals surface area contributed by atoms with Gasteiger partial charge in [0.1, 0.15) is 11.5 Å². The highest BCUT2D eigenvalue weighted by molar-refractivity contribution is 5.50. The fourth-order valence-electron chi connectivity index (χ4n) is 2.91. The van der Waals surface area contributed by atoms with Gasteiger partial charge in [-0.05, 0) is 18.2 Å². The van der Waals surface area contributed by atoms with Crippen LogP contribution in [0.2, 0.25) is 0 Å². The van der Waals surface area contributed by atoms with Crippen molar-refractivity contribution in [2.45, 2.75) is 12.0 Å². The number of hydrogen-bond donors (Lipinski definition) is 2. The van der Waals surface area contributed by atoms with Crippen LogP contribution >= 0.6 is 0 Å². The molecule has 22 heavy (non-hydrogen) atoms. The highest BCUT2D eigenvalue weighted by atomic mass is 16.5. The molecule has 3 rings (SSSR count). The Morgan fingerprint density at radius 1 is 1.09 bits per heavy atom. The molecule has 0 radical (unpaired) electrons. The molecule has 0 spiro atoms. The van der Waals surface area contributed by atoms with E-state index in [0.29, 0.717) is 23.7 Å². The van der Waals surface area contributed by atoms with Crippen LogP contribution in [0, 0.1) is 0 Å². The first-order chi connectivity index (χ1) is 10.7. The molecule has 1 aliphatic heterocycles. The van der Waals surface area contributed by atoms with Crippen LogP contribution in [0.15, 0.2) is 36.4 Å². The van der Waals surface area contributed by atoms with Crippen molar-refractivity contribution in [3.63, 3.8) is 0 Å². The Bertz CT molecular complexity index is 683. The Hall–Kier alpha value is -2.40. The summed E-state index contributed by atoms with van der Waals surface area (Å²) in [6.45, 7) is 0.343. The van der Waals surface area contributed by atoms with Crippen molar-refractivity contribution in [1.82, 2.24) is 0 Å². The summed E-state index contributed by atoms with van der Waals surface area (Å²) in [7, 11) is 3.14. The monoisotopic (exact) mass is 302 g/mol. The van der Waals surface area contributed by atoms with Crippen LogP contribution in [0.4, 0.5) is 0 Å². The second kappa shape index (κ2) is 5.77. The number of fused-ring (bicyclic) bond motifs is 1. The number of methoxy groups -OCH3 is 2. The molecule has 116 valence electrons. The molecule has 0 amide bonds. The highest BCUT2D eigenvalue weighted by Gasteiger charge is 2.34. The molecular weight excluding hydrogens is 284 g/mol. The van der Waals surface area contributed by atoms with Crippen LogP contribution in [-0.4, -0.2) is 31.0 Å². The molecule has 2 aromatic rings. The summed E-state index contributed by atoms with van der Waals surface area (Å²) in [5.41, 5.74) is 1.56. The van der Waals surface area contributed by atoms with Crippen molar-refractivity contribution in [2.75, 3.05) is 20.8 Å². The SMILES string of the molecule is COc1cccc(C2COc3cc(O)ccc3C2OC)c1O. The Kier molecular flexibility index (Phi) is 3.81. The minimum Gasteiger partial charge on any atom is -0.508 e. The van der Waals surface area contributed by atoms with Gasteiger partial charge in [0.05, 0.1) is 25.7 Å². The number of phenolic OH excluding ortho intramolecular Hbond substituents is 2. The third-order valence-corrected chi connectivity index (χ3v) is 3.99. The molecule has 0 aromatic heterocycles. The molecule has 0 fully saturated rings. The van der Waals surface area contributed by atoms with Gasteiger partial charge < -0.3 is 24.4 Å².